The molecule has 18 heavy (non-hydrogen) atoms. The van der Waals surface area contributed by atoms with E-state index in [1.807, 2.05) is 13.0 Å². The van der Waals surface area contributed by atoms with Gasteiger partial charge in [-0.3, -0.25) is 4.79 Å². The van der Waals surface area contributed by atoms with Gasteiger partial charge in [0.15, 0.2) is 0 Å². The van der Waals surface area contributed by atoms with Crippen LogP contribution in [0, 0.1) is 6.92 Å². The molecule has 0 saturated heterocycles. The van der Waals surface area contributed by atoms with Gasteiger partial charge in [-0.05, 0) is 29.5 Å². The lowest BCUT2D eigenvalue weighted by Crippen LogP contribution is -2.15. The molecule has 1 rings (SSSR count). The fraction of sp³-hybridized carbons (Fsp3) is 0.533. The summed E-state index contributed by atoms with van der Waals surface area (Å²) in [4.78, 5) is 11.0. The van der Waals surface area contributed by atoms with E-state index in [1.165, 1.54) is 7.11 Å². The number of benzene rings is 1. The van der Waals surface area contributed by atoms with Crippen LogP contribution in [0.5, 0.6) is 5.75 Å². The molecule has 0 fully saturated rings. The molecular weight excluding hydrogens is 228 g/mol. The van der Waals surface area contributed by atoms with Crippen molar-refractivity contribution in [2.24, 2.45) is 0 Å². The van der Waals surface area contributed by atoms with Gasteiger partial charge in [-0.2, -0.15) is 0 Å². The van der Waals surface area contributed by atoms with Crippen LogP contribution >= 0.6 is 0 Å². The third-order valence-electron chi connectivity index (χ3n) is 2.74. The summed E-state index contributed by atoms with van der Waals surface area (Å²) in [6.07, 6.45) is 0.272. The number of methoxy groups -OCH3 is 1. The maximum atomic E-state index is 11.0. The molecule has 0 aliphatic rings. The van der Waals surface area contributed by atoms with E-state index in [9.17, 15) is 4.79 Å². The highest BCUT2D eigenvalue weighted by Gasteiger charge is 2.19. The van der Waals surface area contributed by atoms with Crippen LogP contribution in [0.1, 0.15) is 38.3 Å². The lowest BCUT2D eigenvalue weighted by atomic mass is 9.86. The molecule has 0 saturated carbocycles. The number of carbonyl (C=O) groups excluding carboxylic acids is 1. The monoisotopic (exact) mass is 250 g/mol. The molecule has 0 spiro atoms. The van der Waals surface area contributed by atoms with Crippen LogP contribution in [-0.4, -0.2) is 19.7 Å². The summed E-state index contributed by atoms with van der Waals surface area (Å²) < 4.78 is 10.3. The first-order chi connectivity index (χ1) is 8.34. The van der Waals surface area contributed by atoms with Gasteiger partial charge in [-0.15, -0.1) is 0 Å². The Morgan fingerprint density at radius 2 is 1.94 bits per heavy atom. The quantitative estimate of drug-likeness (QED) is 0.770. The molecule has 1 aromatic carbocycles. The molecule has 0 heterocycles. The van der Waals surface area contributed by atoms with Crippen LogP contribution in [-0.2, 0) is 14.9 Å². The van der Waals surface area contributed by atoms with Crippen molar-refractivity contribution in [2.75, 3.05) is 13.7 Å². The molecule has 0 aliphatic carbocycles. The van der Waals surface area contributed by atoms with Gasteiger partial charge in [0.1, 0.15) is 5.75 Å². The van der Waals surface area contributed by atoms with Gasteiger partial charge in [0, 0.05) is 0 Å². The van der Waals surface area contributed by atoms with Gasteiger partial charge in [0.05, 0.1) is 20.1 Å². The zero-order chi connectivity index (χ0) is 13.8. The van der Waals surface area contributed by atoms with Gasteiger partial charge in [-0.25, -0.2) is 0 Å². The number of ether oxygens (including phenoxy) is 2. The topological polar surface area (TPSA) is 35.5 Å². The smallest absolute Gasteiger partial charge is 0.308 e. The first kappa shape index (κ1) is 14.6. The Morgan fingerprint density at radius 3 is 2.50 bits per heavy atom. The van der Waals surface area contributed by atoms with Crippen LogP contribution in [0.15, 0.2) is 18.2 Å². The van der Waals surface area contributed by atoms with Crippen molar-refractivity contribution in [1.82, 2.24) is 0 Å². The molecule has 0 bridgehead atoms. The number of carbonyl (C=O) groups is 1. The zero-order valence-corrected chi connectivity index (χ0v) is 11.9. The summed E-state index contributed by atoms with van der Waals surface area (Å²) in [5.74, 6) is 0.603. The van der Waals surface area contributed by atoms with Crippen molar-refractivity contribution in [3.05, 3.63) is 29.3 Å². The van der Waals surface area contributed by atoms with Crippen molar-refractivity contribution in [1.29, 1.82) is 0 Å². The first-order valence-corrected chi connectivity index (χ1v) is 6.15. The number of hydrogen-bond acceptors (Lipinski definition) is 3. The standard InChI is InChI=1S/C15H22O3/c1-11-6-7-12(15(2,3)4)13(10-11)18-9-8-14(16)17-5/h6-7,10H,8-9H2,1-5H3. The summed E-state index contributed by atoms with van der Waals surface area (Å²) in [7, 11) is 1.38. The fourth-order valence-electron chi connectivity index (χ4n) is 1.71. The minimum atomic E-state index is -0.250. The highest BCUT2D eigenvalue weighted by molar-refractivity contribution is 5.69. The average Bonchev–Trinajstić information content (AvgIpc) is 2.27. The molecule has 0 N–H and O–H groups in total. The molecule has 0 aromatic heterocycles. The molecule has 1 aromatic rings. The predicted octanol–water partition coefficient (Wildman–Crippen LogP) is 3.23. The van der Waals surface area contributed by atoms with Gasteiger partial charge in [-0.1, -0.05) is 32.9 Å². The molecule has 3 nitrogen and oxygen atoms in total. The van der Waals surface area contributed by atoms with E-state index in [2.05, 4.69) is 37.6 Å². The van der Waals surface area contributed by atoms with Crippen LogP contribution in [0.2, 0.25) is 0 Å². The Morgan fingerprint density at radius 1 is 1.28 bits per heavy atom. The molecule has 0 atom stereocenters. The van der Waals surface area contributed by atoms with Crippen LogP contribution in [0.3, 0.4) is 0 Å². The van der Waals surface area contributed by atoms with E-state index in [4.69, 9.17) is 4.74 Å². The maximum absolute atomic E-state index is 11.0. The van der Waals surface area contributed by atoms with Crippen molar-refractivity contribution in [3.8, 4) is 5.75 Å². The number of aryl methyl sites for hydroxylation is 1. The van der Waals surface area contributed by atoms with Crippen LogP contribution < -0.4 is 4.74 Å². The molecule has 0 amide bonds. The molecule has 100 valence electrons. The summed E-state index contributed by atoms with van der Waals surface area (Å²) >= 11 is 0. The number of hydrogen-bond donors (Lipinski definition) is 0. The Labute approximate surface area is 109 Å². The third-order valence-corrected chi connectivity index (χ3v) is 2.74. The normalized spacial score (nSPS) is 11.2. The van der Waals surface area contributed by atoms with E-state index in [1.54, 1.807) is 0 Å². The second kappa shape index (κ2) is 5.89. The SMILES string of the molecule is COC(=O)CCOc1cc(C)ccc1C(C)(C)C. The van der Waals surface area contributed by atoms with E-state index in [0.29, 0.717) is 6.61 Å². The largest absolute Gasteiger partial charge is 0.493 e. The molecular formula is C15H22O3. The van der Waals surface area contributed by atoms with Crippen molar-refractivity contribution in [3.63, 3.8) is 0 Å². The highest BCUT2D eigenvalue weighted by atomic mass is 16.5. The lowest BCUT2D eigenvalue weighted by Gasteiger charge is -2.23. The lowest BCUT2D eigenvalue weighted by molar-refractivity contribution is -0.141. The summed E-state index contributed by atoms with van der Waals surface area (Å²) in [6.45, 7) is 8.80. The number of esters is 1. The van der Waals surface area contributed by atoms with E-state index >= 15 is 0 Å². The fourth-order valence-corrected chi connectivity index (χ4v) is 1.71. The number of rotatable bonds is 4. The van der Waals surface area contributed by atoms with Crippen molar-refractivity contribution in [2.45, 2.75) is 39.5 Å². The molecule has 0 unspecified atom stereocenters. The van der Waals surface area contributed by atoms with E-state index in [-0.39, 0.29) is 17.8 Å². The summed E-state index contributed by atoms with van der Waals surface area (Å²) in [5.41, 5.74) is 2.32. The van der Waals surface area contributed by atoms with Crippen molar-refractivity contribution >= 4 is 5.97 Å². The van der Waals surface area contributed by atoms with Gasteiger partial charge in [0.25, 0.3) is 0 Å². The van der Waals surface area contributed by atoms with Crippen LogP contribution in [0.25, 0.3) is 0 Å². The molecule has 3 heteroatoms. The Bertz CT molecular complexity index is 416. The van der Waals surface area contributed by atoms with E-state index < -0.39 is 0 Å². The second-order valence-corrected chi connectivity index (χ2v) is 5.42. The molecule has 0 aliphatic heterocycles. The van der Waals surface area contributed by atoms with Crippen molar-refractivity contribution < 1.29 is 14.3 Å². The third kappa shape index (κ3) is 4.06. The van der Waals surface area contributed by atoms with Gasteiger partial charge in [0.2, 0.25) is 0 Å². The van der Waals surface area contributed by atoms with Crippen LogP contribution in [0.4, 0.5) is 0 Å². The maximum Gasteiger partial charge on any atom is 0.308 e. The summed E-state index contributed by atoms with van der Waals surface area (Å²) in [6, 6.07) is 6.18. The minimum absolute atomic E-state index is 0.0221. The molecule has 0 radical (unpaired) electrons. The Kier molecular flexibility index (Phi) is 4.76. The predicted molar refractivity (Wildman–Crippen MR) is 72.0 cm³/mol. The van der Waals surface area contributed by atoms with Gasteiger partial charge >= 0.3 is 5.97 Å². The summed E-state index contributed by atoms with van der Waals surface area (Å²) in [5, 5.41) is 0. The highest BCUT2D eigenvalue weighted by Crippen LogP contribution is 2.32. The average molecular weight is 250 g/mol. The minimum Gasteiger partial charge on any atom is -0.493 e. The Balaban J connectivity index is 2.80. The van der Waals surface area contributed by atoms with E-state index in [0.717, 1.165) is 16.9 Å². The Hall–Kier alpha value is -1.51. The van der Waals surface area contributed by atoms with Gasteiger partial charge < -0.3 is 9.47 Å². The second-order valence-electron chi connectivity index (χ2n) is 5.42. The zero-order valence-electron chi connectivity index (χ0n) is 11.9. The first-order valence-electron chi connectivity index (χ1n) is 6.15.